The molecule has 1 atom stereocenters. The molecule has 1 aliphatic heterocycles. The van der Waals surface area contributed by atoms with Crippen LogP contribution in [-0.2, 0) is 4.79 Å². The Bertz CT molecular complexity index is 604. The summed E-state index contributed by atoms with van der Waals surface area (Å²) in [7, 11) is 0. The van der Waals surface area contributed by atoms with Gasteiger partial charge in [-0.25, -0.2) is 0 Å². The maximum atomic E-state index is 12.9. The molecule has 0 bridgehead atoms. The molecular formula is C19H30N4O2. The molecule has 2 aliphatic carbocycles. The molecule has 1 amide bonds. The number of rotatable bonds is 5. The number of nitrogens with two attached hydrogens (primary N) is 1. The van der Waals surface area contributed by atoms with Gasteiger partial charge in [-0.3, -0.25) is 4.79 Å². The van der Waals surface area contributed by atoms with Crippen molar-refractivity contribution in [2.75, 3.05) is 19.6 Å². The van der Waals surface area contributed by atoms with Crippen LogP contribution in [0.4, 0.5) is 0 Å². The lowest BCUT2D eigenvalue weighted by molar-refractivity contribution is -0.135. The first-order valence-corrected chi connectivity index (χ1v) is 10.0. The molecule has 25 heavy (non-hydrogen) atoms. The van der Waals surface area contributed by atoms with E-state index in [1.165, 1.54) is 19.3 Å². The van der Waals surface area contributed by atoms with Gasteiger partial charge in [-0.2, -0.15) is 4.98 Å². The first kappa shape index (κ1) is 17.0. The van der Waals surface area contributed by atoms with E-state index in [0.717, 1.165) is 63.3 Å². The minimum Gasteiger partial charge on any atom is -0.342 e. The van der Waals surface area contributed by atoms with Gasteiger partial charge in [-0.15, -0.1) is 0 Å². The zero-order valence-electron chi connectivity index (χ0n) is 15.1. The topological polar surface area (TPSA) is 85.3 Å². The maximum Gasteiger partial charge on any atom is 0.229 e. The Hall–Kier alpha value is -1.43. The molecule has 0 spiro atoms. The van der Waals surface area contributed by atoms with E-state index in [9.17, 15) is 4.79 Å². The summed E-state index contributed by atoms with van der Waals surface area (Å²) in [5.41, 5.74) is 6.10. The first-order valence-electron chi connectivity index (χ1n) is 10.0. The number of amides is 1. The van der Waals surface area contributed by atoms with E-state index in [4.69, 9.17) is 10.3 Å². The van der Waals surface area contributed by atoms with E-state index in [1.54, 1.807) is 0 Å². The van der Waals surface area contributed by atoms with Crippen molar-refractivity contribution in [2.45, 2.75) is 76.0 Å². The highest BCUT2D eigenvalue weighted by Crippen LogP contribution is 2.41. The average molecular weight is 346 g/mol. The highest BCUT2D eigenvalue weighted by atomic mass is 16.5. The zero-order valence-corrected chi connectivity index (χ0v) is 15.1. The van der Waals surface area contributed by atoms with Gasteiger partial charge in [0, 0.05) is 31.3 Å². The Morgan fingerprint density at radius 1 is 1.16 bits per heavy atom. The third-order valence-electron chi connectivity index (χ3n) is 6.40. The van der Waals surface area contributed by atoms with Gasteiger partial charge in [0.2, 0.25) is 11.8 Å². The van der Waals surface area contributed by atoms with Crippen LogP contribution in [0.2, 0.25) is 0 Å². The third-order valence-corrected chi connectivity index (χ3v) is 6.40. The smallest absolute Gasteiger partial charge is 0.229 e. The molecule has 3 fully saturated rings. The van der Waals surface area contributed by atoms with Crippen molar-refractivity contribution in [3.63, 3.8) is 0 Å². The van der Waals surface area contributed by atoms with Gasteiger partial charge in [0.25, 0.3) is 0 Å². The van der Waals surface area contributed by atoms with E-state index in [2.05, 4.69) is 10.1 Å². The monoisotopic (exact) mass is 346 g/mol. The Labute approximate surface area is 149 Å². The number of hydrogen-bond donors (Lipinski definition) is 1. The lowest BCUT2D eigenvalue weighted by Crippen LogP contribution is -2.44. The van der Waals surface area contributed by atoms with Crippen molar-refractivity contribution in [2.24, 2.45) is 11.1 Å². The summed E-state index contributed by atoms with van der Waals surface area (Å²) in [6, 6.07) is 0. The molecule has 1 aromatic heterocycles. The number of carbonyl (C=O) groups excluding carboxylic acids is 1. The van der Waals surface area contributed by atoms with Crippen LogP contribution < -0.4 is 5.73 Å². The summed E-state index contributed by atoms with van der Waals surface area (Å²) in [5, 5.41) is 4.20. The van der Waals surface area contributed by atoms with Crippen LogP contribution in [0.25, 0.3) is 0 Å². The van der Waals surface area contributed by atoms with Crippen molar-refractivity contribution in [3.8, 4) is 0 Å². The van der Waals surface area contributed by atoms with Crippen LogP contribution in [0.5, 0.6) is 0 Å². The predicted molar refractivity (Wildman–Crippen MR) is 94.0 cm³/mol. The highest BCUT2D eigenvalue weighted by molar-refractivity contribution is 5.77. The quantitative estimate of drug-likeness (QED) is 0.886. The summed E-state index contributed by atoms with van der Waals surface area (Å²) in [6.07, 6.45) is 10.9. The Morgan fingerprint density at radius 3 is 2.68 bits per heavy atom. The van der Waals surface area contributed by atoms with Gasteiger partial charge >= 0.3 is 0 Å². The molecule has 3 aliphatic rings. The lowest BCUT2D eigenvalue weighted by atomic mass is 9.71. The largest absolute Gasteiger partial charge is 0.342 e. The van der Waals surface area contributed by atoms with Gasteiger partial charge in [0.1, 0.15) is 0 Å². The number of piperidine rings is 1. The molecule has 2 heterocycles. The normalized spacial score (nSPS) is 26.6. The second-order valence-corrected chi connectivity index (χ2v) is 8.39. The fourth-order valence-corrected chi connectivity index (χ4v) is 4.51. The van der Waals surface area contributed by atoms with Crippen LogP contribution in [0, 0.1) is 5.41 Å². The summed E-state index contributed by atoms with van der Waals surface area (Å²) >= 11 is 0. The molecule has 1 saturated heterocycles. The third kappa shape index (κ3) is 3.73. The zero-order chi connectivity index (χ0) is 17.3. The Kier molecular flexibility index (Phi) is 4.80. The van der Waals surface area contributed by atoms with E-state index in [0.29, 0.717) is 18.9 Å². The van der Waals surface area contributed by atoms with Gasteiger partial charge in [0.15, 0.2) is 5.82 Å². The van der Waals surface area contributed by atoms with Crippen molar-refractivity contribution in [1.82, 2.24) is 15.0 Å². The first-order chi connectivity index (χ1) is 12.2. The minimum absolute atomic E-state index is 0.0353. The number of carbonyl (C=O) groups is 1. The molecule has 1 unspecified atom stereocenters. The van der Waals surface area contributed by atoms with E-state index in [-0.39, 0.29) is 17.2 Å². The van der Waals surface area contributed by atoms with Crippen LogP contribution in [-0.4, -0.2) is 40.6 Å². The molecule has 2 N–H and O–H groups in total. The highest BCUT2D eigenvalue weighted by Gasteiger charge is 2.37. The maximum absolute atomic E-state index is 12.9. The summed E-state index contributed by atoms with van der Waals surface area (Å²) in [4.78, 5) is 19.6. The predicted octanol–water partition coefficient (Wildman–Crippen LogP) is 2.95. The second kappa shape index (κ2) is 7.06. The van der Waals surface area contributed by atoms with Gasteiger partial charge in [0.05, 0.1) is 0 Å². The SMILES string of the molecule is NCC1(CC(=O)N2CCCC(c3noc(C4CC4)n3)C2)CCCCC1. The summed E-state index contributed by atoms with van der Waals surface area (Å²) in [6.45, 7) is 2.21. The van der Waals surface area contributed by atoms with Crippen LogP contribution in [0.3, 0.4) is 0 Å². The second-order valence-electron chi connectivity index (χ2n) is 8.39. The van der Waals surface area contributed by atoms with Crippen molar-refractivity contribution in [1.29, 1.82) is 0 Å². The summed E-state index contributed by atoms with van der Waals surface area (Å²) < 4.78 is 5.41. The van der Waals surface area contributed by atoms with Gasteiger partial charge in [-0.05, 0) is 50.5 Å². The molecule has 1 aromatic rings. The van der Waals surface area contributed by atoms with Crippen molar-refractivity contribution < 1.29 is 9.32 Å². The molecule has 2 saturated carbocycles. The average Bonchev–Trinajstić information content (AvgIpc) is 3.39. The molecule has 4 rings (SSSR count). The van der Waals surface area contributed by atoms with E-state index < -0.39 is 0 Å². The molecule has 0 aromatic carbocycles. The molecule has 0 radical (unpaired) electrons. The van der Waals surface area contributed by atoms with Crippen LogP contribution >= 0.6 is 0 Å². The van der Waals surface area contributed by atoms with Crippen LogP contribution in [0.1, 0.15) is 87.8 Å². The van der Waals surface area contributed by atoms with E-state index >= 15 is 0 Å². The fraction of sp³-hybridized carbons (Fsp3) is 0.842. The van der Waals surface area contributed by atoms with Crippen molar-refractivity contribution >= 4 is 5.91 Å². The van der Waals surface area contributed by atoms with Crippen molar-refractivity contribution in [3.05, 3.63) is 11.7 Å². The molecule has 6 heteroatoms. The lowest BCUT2D eigenvalue weighted by Gasteiger charge is -2.39. The Balaban J connectivity index is 1.38. The fourth-order valence-electron chi connectivity index (χ4n) is 4.51. The summed E-state index contributed by atoms with van der Waals surface area (Å²) in [5.74, 6) is 2.56. The molecular weight excluding hydrogens is 316 g/mol. The van der Waals surface area contributed by atoms with E-state index in [1.807, 2.05) is 4.90 Å². The number of likely N-dealkylation sites (tertiary alicyclic amines) is 1. The minimum atomic E-state index is 0.0353. The van der Waals surface area contributed by atoms with Gasteiger partial charge in [-0.1, -0.05) is 24.4 Å². The standard InChI is InChI=1S/C19H30N4O2/c20-13-19(8-2-1-3-9-19)11-16(24)23-10-4-5-15(12-23)17-21-18(25-22-17)14-6-7-14/h14-15H,1-13,20H2. The van der Waals surface area contributed by atoms with Crippen LogP contribution in [0.15, 0.2) is 4.52 Å². The van der Waals surface area contributed by atoms with Gasteiger partial charge < -0.3 is 15.2 Å². The molecule has 138 valence electrons. The number of hydrogen-bond acceptors (Lipinski definition) is 5. The Morgan fingerprint density at radius 2 is 1.96 bits per heavy atom. The molecule has 6 nitrogen and oxygen atoms in total. The number of nitrogens with zero attached hydrogens (tertiary/aromatic N) is 3. The number of aromatic nitrogens is 2.